The minimum atomic E-state index is -4.65. The summed E-state index contributed by atoms with van der Waals surface area (Å²) in [5.74, 6) is 0.574. The number of ether oxygens (including phenoxy) is 3. The molecule has 77 heavy (non-hydrogen) atoms. The Morgan fingerprint density at radius 3 is 2.42 bits per heavy atom. The van der Waals surface area contributed by atoms with Gasteiger partial charge in [0.2, 0.25) is 0 Å². The van der Waals surface area contributed by atoms with Gasteiger partial charge in [0.15, 0.2) is 11.5 Å². The Hall–Kier alpha value is -6.80. The number of nitrogens with zero attached hydrogens (tertiary/aromatic N) is 5. The highest BCUT2D eigenvalue weighted by molar-refractivity contribution is 7.90. The molecule has 0 bridgehead atoms. The summed E-state index contributed by atoms with van der Waals surface area (Å²) in [5.41, 5.74) is 4.02. The molecule has 4 aromatic carbocycles. The first-order valence-corrected chi connectivity index (χ1v) is 28.2. The predicted molar refractivity (Wildman–Crippen MR) is 293 cm³/mol. The fraction of sp³-hybridized carbons (Fsp3) is 0.448. The van der Waals surface area contributed by atoms with Crippen LogP contribution in [0.4, 0.5) is 21.5 Å². The van der Waals surface area contributed by atoms with Crippen molar-refractivity contribution in [2.75, 3.05) is 63.7 Å². The number of rotatable bonds is 17. The third-order valence-electron chi connectivity index (χ3n) is 16.7. The maximum Gasteiger partial charge on any atom is 0.293 e. The predicted octanol–water partition coefficient (Wildman–Crippen LogP) is 10.3. The van der Waals surface area contributed by atoms with Gasteiger partial charge in [0.25, 0.3) is 21.6 Å². The summed E-state index contributed by atoms with van der Waals surface area (Å²) in [6.07, 6.45) is 9.40. The van der Waals surface area contributed by atoms with Crippen LogP contribution in [-0.4, -0.2) is 109 Å². The molecule has 2 aliphatic heterocycles. The largest absolute Gasteiger partial charge is 0.493 e. The molecule has 2 saturated carbocycles. The number of pyridine rings is 1. The zero-order chi connectivity index (χ0) is 54.2. The van der Waals surface area contributed by atoms with Crippen molar-refractivity contribution in [3.8, 4) is 23.0 Å². The molecule has 4 N–H and O–H groups in total. The monoisotopic (exact) mass is 1070 g/mol. The number of anilines is 2. The molecule has 4 heterocycles. The van der Waals surface area contributed by atoms with E-state index >= 15 is 0 Å². The third-order valence-corrected chi connectivity index (χ3v) is 18.0. The number of sulfonamides is 1. The lowest BCUT2D eigenvalue weighted by Crippen LogP contribution is -2.60. The van der Waals surface area contributed by atoms with Crippen LogP contribution < -0.4 is 29.1 Å². The van der Waals surface area contributed by atoms with Crippen LogP contribution in [0.15, 0.2) is 102 Å². The molecule has 408 valence electrons. The van der Waals surface area contributed by atoms with E-state index in [2.05, 4.69) is 85.0 Å². The number of nitro benzene ring substituents is 1. The highest BCUT2D eigenvalue weighted by Gasteiger charge is 2.50. The van der Waals surface area contributed by atoms with E-state index in [4.69, 9.17) is 14.2 Å². The van der Waals surface area contributed by atoms with Gasteiger partial charge in [-0.15, -0.1) is 0 Å². The van der Waals surface area contributed by atoms with E-state index in [1.54, 1.807) is 33.3 Å². The van der Waals surface area contributed by atoms with E-state index in [9.17, 15) is 32.8 Å². The van der Waals surface area contributed by atoms with Gasteiger partial charge in [0.1, 0.15) is 28.7 Å². The van der Waals surface area contributed by atoms with Crippen molar-refractivity contribution < 1.29 is 41.8 Å². The maximum atomic E-state index is 14.8. The number of fused-ring (bicyclic) bond motifs is 1. The van der Waals surface area contributed by atoms with Crippen LogP contribution in [0.3, 0.4) is 0 Å². The molecule has 2 aromatic heterocycles. The molecular formula is C58H69FN8O9S. The number of aromatic nitrogens is 2. The molecular weight excluding hydrogens is 1000 g/mol. The lowest BCUT2D eigenvalue weighted by atomic mass is 9.59. The van der Waals surface area contributed by atoms with Gasteiger partial charge in [-0.2, -0.15) is 0 Å². The second-order valence-electron chi connectivity index (χ2n) is 22.2. The van der Waals surface area contributed by atoms with Gasteiger partial charge in [-0.05, 0) is 135 Å². The molecule has 2 aliphatic carbocycles. The number of halogens is 1. The summed E-state index contributed by atoms with van der Waals surface area (Å²) in [5, 5.41) is 25.9. The fourth-order valence-corrected chi connectivity index (χ4v) is 13.2. The number of benzene rings is 4. The second-order valence-corrected chi connectivity index (χ2v) is 23.9. The highest BCUT2D eigenvalue weighted by Crippen LogP contribution is 2.53. The van der Waals surface area contributed by atoms with Crippen molar-refractivity contribution in [2.45, 2.75) is 107 Å². The van der Waals surface area contributed by atoms with E-state index < -0.39 is 42.9 Å². The van der Waals surface area contributed by atoms with Gasteiger partial charge in [0, 0.05) is 81.9 Å². The summed E-state index contributed by atoms with van der Waals surface area (Å²) in [4.78, 5) is 39.9. The number of amides is 1. The maximum absolute atomic E-state index is 14.8. The minimum Gasteiger partial charge on any atom is -0.493 e. The molecule has 1 atom stereocenters. The molecule has 1 unspecified atom stereocenters. The van der Waals surface area contributed by atoms with Gasteiger partial charge >= 0.3 is 0 Å². The molecule has 2 saturated heterocycles. The summed E-state index contributed by atoms with van der Waals surface area (Å²) >= 11 is 0. The number of nitro groups is 1. The van der Waals surface area contributed by atoms with Crippen molar-refractivity contribution in [1.82, 2.24) is 24.5 Å². The zero-order valence-electron chi connectivity index (χ0n) is 44.4. The first-order chi connectivity index (χ1) is 36.9. The molecule has 0 radical (unpaired) electrons. The number of aliphatic hydroxyl groups is 1. The first-order valence-electron chi connectivity index (χ1n) is 26.7. The molecule has 10 rings (SSSR count). The van der Waals surface area contributed by atoms with Crippen molar-refractivity contribution in [2.24, 2.45) is 11.3 Å². The van der Waals surface area contributed by atoms with Gasteiger partial charge in [-0.25, -0.2) is 22.5 Å². The minimum absolute atomic E-state index is 0.0176. The van der Waals surface area contributed by atoms with Crippen LogP contribution in [0, 0.1) is 27.3 Å². The Morgan fingerprint density at radius 1 is 0.935 bits per heavy atom. The number of piperidine rings is 1. The quantitative estimate of drug-likeness (QED) is 0.0496. The number of aromatic amines is 1. The Bertz CT molecular complexity index is 3250. The summed E-state index contributed by atoms with van der Waals surface area (Å²) in [7, 11) is -1.33. The van der Waals surface area contributed by atoms with Crippen LogP contribution in [-0.2, 0) is 16.6 Å². The Labute approximate surface area is 449 Å². The van der Waals surface area contributed by atoms with Gasteiger partial charge in [0.05, 0.1) is 46.8 Å². The Morgan fingerprint density at radius 2 is 1.69 bits per heavy atom. The van der Waals surface area contributed by atoms with E-state index in [1.807, 2.05) is 6.07 Å². The molecule has 4 fully saturated rings. The van der Waals surface area contributed by atoms with Crippen LogP contribution in [0.2, 0.25) is 0 Å². The SMILES string of the molecule is COc1ccc(CN2CCN(C3CC4(CCN(c5ccc(C(=O)NS(=O)(=O)c6ccc(NCC7CCC(C)(O)CC7)c([N+](=O)[O-])c6)c(Oc6cnc7[nH]cc(F)c7c6)c5)CC4)C3)C(c3ccccc3C(C)C)C2)cc1OC. The molecule has 19 heteroatoms. The van der Waals surface area contributed by atoms with E-state index in [-0.39, 0.29) is 45.5 Å². The van der Waals surface area contributed by atoms with Gasteiger partial charge in [-0.3, -0.25) is 24.7 Å². The number of hydrogen-bond donors (Lipinski definition) is 4. The van der Waals surface area contributed by atoms with Gasteiger partial charge in [-0.1, -0.05) is 44.2 Å². The number of methoxy groups -OCH3 is 2. The van der Waals surface area contributed by atoms with E-state index in [0.29, 0.717) is 42.7 Å². The van der Waals surface area contributed by atoms with Crippen LogP contribution in [0.1, 0.15) is 111 Å². The van der Waals surface area contributed by atoms with Crippen LogP contribution >= 0.6 is 0 Å². The molecule has 1 spiro atoms. The average molecular weight is 1070 g/mol. The van der Waals surface area contributed by atoms with Crippen molar-refractivity contribution in [3.05, 3.63) is 136 Å². The van der Waals surface area contributed by atoms with Gasteiger partial charge < -0.3 is 34.5 Å². The van der Waals surface area contributed by atoms with E-state index in [1.165, 1.54) is 53.3 Å². The lowest BCUT2D eigenvalue weighted by Gasteiger charge is -2.58. The molecule has 6 aromatic rings. The number of piperazine rings is 1. The van der Waals surface area contributed by atoms with Crippen molar-refractivity contribution in [1.29, 1.82) is 0 Å². The first kappa shape index (κ1) is 53.6. The molecule has 17 nitrogen and oxygen atoms in total. The number of carbonyl (C=O) groups is 1. The number of hydrogen-bond acceptors (Lipinski definition) is 14. The molecule has 1 amide bonds. The number of carbonyl (C=O) groups excluding carboxylic acids is 1. The summed E-state index contributed by atoms with van der Waals surface area (Å²) in [6.45, 7) is 11.9. The highest BCUT2D eigenvalue weighted by atomic mass is 32.2. The number of nitrogens with one attached hydrogen (secondary N) is 3. The fourth-order valence-electron chi connectivity index (χ4n) is 12.2. The van der Waals surface area contributed by atoms with Crippen LogP contribution in [0.25, 0.3) is 11.0 Å². The topological polar surface area (TPSA) is 205 Å². The average Bonchev–Trinajstić information content (AvgIpc) is 3.82. The normalized spacial score (nSPS) is 21.2. The zero-order valence-corrected chi connectivity index (χ0v) is 45.2. The van der Waals surface area contributed by atoms with Crippen molar-refractivity contribution >= 4 is 44.0 Å². The van der Waals surface area contributed by atoms with E-state index in [0.717, 1.165) is 95.3 Å². The lowest BCUT2D eigenvalue weighted by molar-refractivity contribution is -0.384. The third kappa shape index (κ3) is 11.6. The Balaban J connectivity index is 0.838. The number of H-pyrrole nitrogens is 1. The van der Waals surface area contributed by atoms with Crippen molar-refractivity contribution in [3.63, 3.8) is 0 Å². The second kappa shape index (κ2) is 21.9. The summed E-state index contributed by atoms with van der Waals surface area (Å²) < 4.78 is 62.0. The smallest absolute Gasteiger partial charge is 0.293 e. The standard InChI is InChI=1S/C58H69FN8O9S/c1-37(2)44-8-6-7-9-45(44)51-36-64(35-39-10-15-52(74-4)54(26-39)75-5)24-25-66(51)41-30-58(31-41)20-22-65(23-21-58)40-11-13-46(53(27-40)76-42-28-47-48(59)34-62-55(47)61-33-42)56(68)63-77(72,73)43-12-14-49(50(29-43)67(70)71)60-32-38-16-18-57(3,69)19-17-38/h6-15,26-29,33-34,37-38,41,51,60,69H,16-25,30-32,35-36H2,1-5H3,(H,61,62)(H,63,68). The molecule has 4 aliphatic rings. The summed E-state index contributed by atoms with van der Waals surface area (Å²) in [6, 6.07) is 25.6. The van der Waals surface area contributed by atoms with Crippen LogP contribution in [0.5, 0.6) is 23.0 Å². The Kier molecular flexibility index (Phi) is 15.3.